The number of rotatable bonds is 4. The molecule has 0 radical (unpaired) electrons. The lowest BCUT2D eigenvalue weighted by Gasteiger charge is -1.98. The van der Waals surface area contributed by atoms with Crippen molar-refractivity contribution in [3.63, 3.8) is 0 Å². The van der Waals surface area contributed by atoms with Gasteiger partial charge in [0.1, 0.15) is 11.5 Å². The van der Waals surface area contributed by atoms with Crippen LogP contribution in [0.15, 0.2) is 16.5 Å². The molecule has 3 nitrogen and oxygen atoms in total. The van der Waals surface area contributed by atoms with Gasteiger partial charge in [-0.25, -0.2) is 0 Å². The highest BCUT2D eigenvalue weighted by atomic mass is 16.5. The van der Waals surface area contributed by atoms with Crippen LogP contribution in [-0.4, -0.2) is 13.8 Å². The molecule has 62 valence electrons. The van der Waals surface area contributed by atoms with Crippen molar-refractivity contribution in [2.24, 2.45) is 0 Å². The van der Waals surface area contributed by atoms with Crippen LogP contribution in [0.3, 0.4) is 0 Å². The van der Waals surface area contributed by atoms with Crippen LogP contribution in [-0.2, 0) is 11.3 Å². The number of ether oxygens (including phenoxy) is 1. The maximum atomic E-state index is 5.31. The van der Waals surface area contributed by atoms with Gasteiger partial charge in [0, 0.05) is 7.11 Å². The summed E-state index contributed by atoms with van der Waals surface area (Å²) in [6, 6.07) is 3.90. The molecule has 1 aromatic heterocycles. The van der Waals surface area contributed by atoms with E-state index in [1.807, 2.05) is 19.1 Å². The number of nitrogens with one attached hydrogen (secondary N) is 1. The van der Waals surface area contributed by atoms with Gasteiger partial charge in [0.15, 0.2) is 0 Å². The first-order valence-corrected chi connectivity index (χ1v) is 3.58. The minimum absolute atomic E-state index is 0.555. The number of hydrogen-bond acceptors (Lipinski definition) is 3. The third-order valence-corrected chi connectivity index (χ3v) is 1.34. The highest BCUT2D eigenvalue weighted by molar-refractivity contribution is 5.04. The van der Waals surface area contributed by atoms with Gasteiger partial charge >= 0.3 is 0 Å². The average Bonchev–Trinajstić information content (AvgIpc) is 2.37. The van der Waals surface area contributed by atoms with E-state index in [1.165, 1.54) is 0 Å². The van der Waals surface area contributed by atoms with Crippen LogP contribution in [0, 0.1) is 6.92 Å². The predicted molar refractivity (Wildman–Crippen MR) is 42.2 cm³/mol. The number of hydrogen-bond donors (Lipinski definition) is 1. The van der Waals surface area contributed by atoms with Gasteiger partial charge in [-0.05, 0) is 19.1 Å². The molecule has 0 saturated heterocycles. The fourth-order valence-electron chi connectivity index (χ4n) is 0.856. The van der Waals surface area contributed by atoms with Crippen LogP contribution in [0.2, 0.25) is 0 Å². The molecule has 1 N–H and O–H groups in total. The smallest absolute Gasteiger partial charge is 0.118 e. The summed E-state index contributed by atoms with van der Waals surface area (Å²) in [6.07, 6.45) is 0. The van der Waals surface area contributed by atoms with Gasteiger partial charge < -0.3 is 9.15 Å². The molecule has 11 heavy (non-hydrogen) atoms. The van der Waals surface area contributed by atoms with Crippen LogP contribution >= 0.6 is 0 Å². The molecular formula is C8H13NO2. The zero-order chi connectivity index (χ0) is 8.10. The third-order valence-electron chi connectivity index (χ3n) is 1.34. The van der Waals surface area contributed by atoms with E-state index in [1.54, 1.807) is 7.11 Å². The molecule has 3 heteroatoms. The van der Waals surface area contributed by atoms with Crippen molar-refractivity contribution in [2.75, 3.05) is 13.8 Å². The first-order chi connectivity index (χ1) is 5.33. The molecule has 1 rings (SSSR count). The Morgan fingerprint density at radius 1 is 1.55 bits per heavy atom. The highest BCUT2D eigenvalue weighted by Crippen LogP contribution is 2.04. The van der Waals surface area contributed by atoms with Crippen LogP contribution in [0.25, 0.3) is 0 Å². The van der Waals surface area contributed by atoms with Crippen LogP contribution in [0.5, 0.6) is 0 Å². The Morgan fingerprint density at radius 2 is 2.36 bits per heavy atom. The molecule has 0 aliphatic carbocycles. The van der Waals surface area contributed by atoms with Crippen molar-refractivity contribution >= 4 is 0 Å². The zero-order valence-corrected chi connectivity index (χ0v) is 6.89. The van der Waals surface area contributed by atoms with Gasteiger partial charge in [-0.2, -0.15) is 0 Å². The topological polar surface area (TPSA) is 34.4 Å². The summed E-state index contributed by atoms with van der Waals surface area (Å²) in [5.41, 5.74) is 0. The van der Waals surface area contributed by atoms with Crippen molar-refractivity contribution in [3.05, 3.63) is 23.7 Å². The van der Waals surface area contributed by atoms with Crippen LogP contribution in [0.4, 0.5) is 0 Å². The van der Waals surface area contributed by atoms with Gasteiger partial charge in [0.05, 0.1) is 13.3 Å². The second-order valence-electron chi connectivity index (χ2n) is 2.37. The van der Waals surface area contributed by atoms with E-state index < -0.39 is 0 Å². The molecule has 0 atom stereocenters. The summed E-state index contributed by atoms with van der Waals surface area (Å²) < 4.78 is 10.1. The number of aryl methyl sites for hydroxylation is 1. The molecule has 1 aromatic rings. The van der Waals surface area contributed by atoms with Gasteiger partial charge in [-0.3, -0.25) is 5.32 Å². The SMILES string of the molecule is COCNCc1ccc(C)o1. The minimum Gasteiger partial charge on any atom is -0.465 e. The van der Waals surface area contributed by atoms with E-state index in [9.17, 15) is 0 Å². The molecule has 1 heterocycles. The monoisotopic (exact) mass is 155 g/mol. The standard InChI is InChI=1S/C8H13NO2/c1-7-3-4-8(11-7)5-9-6-10-2/h3-4,9H,5-6H2,1-2H3. The normalized spacial score (nSPS) is 10.4. The predicted octanol–water partition coefficient (Wildman–Crippen LogP) is 1.28. The fraction of sp³-hybridized carbons (Fsp3) is 0.500. The summed E-state index contributed by atoms with van der Waals surface area (Å²) in [4.78, 5) is 0. The first-order valence-electron chi connectivity index (χ1n) is 3.58. The Morgan fingerprint density at radius 3 is 2.91 bits per heavy atom. The largest absolute Gasteiger partial charge is 0.465 e. The molecule has 0 aromatic carbocycles. The average molecular weight is 155 g/mol. The van der Waals surface area contributed by atoms with Crippen LogP contribution in [0.1, 0.15) is 11.5 Å². The molecule has 0 aliphatic rings. The second-order valence-corrected chi connectivity index (χ2v) is 2.37. The van der Waals surface area contributed by atoms with E-state index in [2.05, 4.69) is 5.32 Å². The Hall–Kier alpha value is -0.800. The summed E-state index contributed by atoms with van der Waals surface area (Å²) in [6.45, 7) is 3.21. The van der Waals surface area contributed by atoms with Gasteiger partial charge in [-0.15, -0.1) is 0 Å². The van der Waals surface area contributed by atoms with E-state index in [0.29, 0.717) is 6.73 Å². The van der Waals surface area contributed by atoms with Crippen molar-refractivity contribution in [1.29, 1.82) is 0 Å². The Kier molecular flexibility index (Phi) is 3.14. The molecule has 0 fully saturated rings. The van der Waals surface area contributed by atoms with E-state index >= 15 is 0 Å². The highest BCUT2D eigenvalue weighted by Gasteiger charge is 1.95. The molecule has 0 spiro atoms. The van der Waals surface area contributed by atoms with Crippen molar-refractivity contribution in [1.82, 2.24) is 5.32 Å². The quantitative estimate of drug-likeness (QED) is 0.525. The molecule has 0 unspecified atom stereocenters. The van der Waals surface area contributed by atoms with Crippen molar-refractivity contribution in [2.45, 2.75) is 13.5 Å². The third kappa shape index (κ3) is 2.74. The van der Waals surface area contributed by atoms with E-state index in [-0.39, 0.29) is 0 Å². The summed E-state index contributed by atoms with van der Waals surface area (Å²) in [5.74, 6) is 1.89. The molecule has 0 saturated carbocycles. The molecule has 0 amide bonds. The molecular weight excluding hydrogens is 142 g/mol. The first kappa shape index (κ1) is 8.30. The van der Waals surface area contributed by atoms with Crippen molar-refractivity contribution in [3.8, 4) is 0 Å². The van der Waals surface area contributed by atoms with Gasteiger partial charge in [0.2, 0.25) is 0 Å². The Bertz CT molecular complexity index is 208. The fourth-order valence-corrected chi connectivity index (χ4v) is 0.856. The Balaban J connectivity index is 2.27. The lowest BCUT2D eigenvalue weighted by atomic mass is 10.4. The van der Waals surface area contributed by atoms with E-state index in [4.69, 9.17) is 9.15 Å². The summed E-state index contributed by atoms with van der Waals surface area (Å²) in [7, 11) is 1.65. The lowest BCUT2D eigenvalue weighted by Crippen LogP contribution is -2.15. The molecule has 0 bridgehead atoms. The molecule has 0 aliphatic heterocycles. The minimum atomic E-state index is 0.555. The van der Waals surface area contributed by atoms with E-state index in [0.717, 1.165) is 18.1 Å². The van der Waals surface area contributed by atoms with Crippen LogP contribution < -0.4 is 5.32 Å². The second kappa shape index (κ2) is 4.16. The summed E-state index contributed by atoms with van der Waals surface area (Å²) >= 11 is 0. The lowest BCUT2D eigenvalue weighted by molar-refractivity contribution is 0.171. The Labute approximate surface area is 66.3 Å². The van der Waals surface area contributed by atoms with Gasteiger partial charge in [0.25, 0.3) is 0 Å². The van der Waals surface area contributed by atoms with Gasteiger partial charge in [-0.1, -0.05) is 0 Å². The summed E-state index contributed by atoms with van der Waals surface area (Å²) in [5, 5.41) is 3.05. The zero-order valence-electron chi connectivity index (χ0n) is 6.89. The maximum absolute atomic E-state index is 5.31. The number of methoxy groups -OCH3 is 1. The number of furan rings is 1. The maximum Gasteiger partial charge on any atom is 0.118 e. The van der Waals surface area contributed by atoms with Crippen molar-refractivity contribution < 1.29 is 9.15 Å².